The predicted molar refractivity (Wildman–Crippen MR) is 97.8 cm³/mol. The number of ether oxygens (including phenoxy) is 1. The molecule has 2 heterocycles. The van der Waals surface area contributed by atoms with Crippen LogP contribution in [0.3, 0.4) is 0 Å². The first-order valence-electron chi connectivity index (χ1n) is 7.94. The van der Waals surface area contributed by atoms with Gasteiger partial charge in [0, 0.05) is 11.8 Å². The van der Waals surface area contributed by atoms with Gasteiger partial charge < -0.3 is 4.74 Å². The third kappa shape index (κ3) is 3.30. The summed E-state index contributed by atoms with van der Waals surface area (Å²) in [4.78, 5) is 31.8. The highest BCUT2D eigenvalue weighted by Crippen LogP contribution is 2.39. The summed E-state index contributed by atoms with van der Waals surface area (Å²) in [7, 11) is 1.55. The Morgan fingerprint density at radius 2 is 1.84 bits per heavy atom. The summed E-state index contributed by atoms with van der Waals surface area (Å²) in [6.07, 6.45) is 1.65. The number of pyridine rings is 1. The molecule has 0 N–H and O–H groups in total. The van der Waals surface area contributed by atoms with Crippen molar-refractivity contribution >= 4 is 29.1 Å². The van der Waals surface area contributed by atoms with Crippen molar-refractivity contribution in [3.05, 3.63) is 64.8 Å². The highest BCUT2D eigenvalue weighted by molar-refractivity contribution is 8.04. The van der Waals surface area contributed by atoms with E-state index in [1.165, 1.54) is 16.7 Å². The van der Waals surface area contributed by atoms with Crippen LogP contribution >= 0.6 is 11.8 Å². The van der Waals surface area contributed by atoms with E-state index in [4.69, 9.17) is 4.74 Å². The zero-order valence-corrected chi connectivity index (χ0v) is 14.9. The van der Waals surface area contributed by atoms with Gasteiger partial charge >= 0.3 is 0 Å². The number of amides is 2. The lowest BCUT2D eigenvalue weighted by Gasteiger charge is -2.15. The average molecular weight is 354 g/mol. The first-order chi connectivity index (χ1) is 12.2. The SMILES string of the molecule is CCSC1=C(c2ccccc2OC)C(=O)N(Cc2ccccn2)C1=O. The van der Waals surface area contributed by atoms with E-state index < -0.39 is 0 Å². The van der Waals surface area contributed by atoms with Crippen LogP contribution in [-0.4, -0.2) is 34.6 Å². The number of thioether (sulfide) groups is 1. The van der Waals surface area contributed by atoms with Crippen LogP contribution in [0, 0.1) is 0 Å². The maximum Gasteiger partial charge on any atom is 0.268 e. The van der Waals surface area contributed by atoms with Gasteiger partial charge in [-0.15, -0.1) is 11.8 Å². The van der Waals surface area contributed by atoms with Crippen molar-refractivity contribution in [2.24, 2.45) is 0 Å². The van der Waals surface area contributed by atoms with Crippen molar-refractivity contribution in [3.63, 3.8) is 0 Å². The van der Waals surface area contributed by atoms with E-state index in [9.17, 15) is 9.59 Å². The maximum atomic E-state index is 13.0. The summed E-state index contributed by atoms with van der Waals surface area (Å²) in [6.45, 7) is 2.11. The lowest BCUT2D eigenvalue weighted by atomic mass is 10.1. The van der Waals surface area contributed by atoms with Gasteiger partial charge in [0.2, 0.25) is 0 Å². The number of methoxy groups -OCH3 is 1. The van der Waals surface area contributed by atoms with Crippen LogP contribution in [0.1, 0.15) is 18.2 Å². The molecule has 2 amide bonds. The van der Waals surface area contributed by atoms with Gasteiger partial charge in [-0.25, -0.2) is 0 Å². The van der Waals surface area contributed by atoms with Crippen molar-refractivity contribution in [1.29, 1.82) is 0 Å². The first kappa shape index (κ1) is 17.2. The third-order valence-corrected chi connectivity index (χ3v) is 4.79. The molecule has 6 heteroatoms. The van der Waals surface area contributed by atoms with E-state index in [-0.39, 0.29) is 18.4 Å². The molecule has 25 heavy (non-hydrogen) atoms. The number of hydrogen-bond acceptors (Lipinski definition) is 5. The Morgan fingerprint density at radius 3 is 2.52 bits per heavy atom. The van der Waals surface area contributed by atoms with Gasteiger partial charge in [0.1, 0.15) is 5.75 Å². The maximum absolute atomic E-state index is 13.0. The summed E-state index contributed by atoms with van der Waals surface area (Å²) in [6, 6.07) is 12.7. The molecule has 5 nitrogen and oxygen atoms in total. The lowest BCUT2D eigenvalue weighted by Crippen LogP contribution is -2.31. The smallest absolute Gasteiger partial charge is 0.268 e. The summed E-state index contributed by atoms with van der Waals surface area (Å²) >= 11 is 1.38. The second kappa shape index (κ2) is 7.53. The van der Waals surface area contributed by atoms with E-state index in [1.807, 2.05) is 25.1 Å². The number of imide groups is 1. The van der Waals surface area contributed by atoms with E-state index in [0.29, 0.717) is 33.2 Å². The number of carbonyl (C=O) groups excluding carboxylic acids is 2. The molecule has 0 aliphatic carbocycles. The van der Waals surface area contributed by atoms with Crippen LogP contribution in [0.5, 0.6) is 5.75 Å². The van der Waals surface area contributed by atoms with Crippen molar-refractivity contribution < 1.29 is 14.3 Å². The molecule has 0 saturated carbocycles. The number of benzene rings is 1. The monoisotopic (exact) mass is 354 g/mol. The van der Waals surface area contributed by atoms with Crippen molar-refractivity contribution in [1.82, 2.24) is 9.88 Å². The average Bonchev–Trinajstić information content (AvgIpc) is 2.87. The number of para-hydroxylation sites is 1. The van der Waals surface area contributed by atoms with Crippen LogP contribution in [0.15, 0.2) is 53.6 Å². The molecule has 128 valence electrons. The minimum atomic E-state index is -0.309. The molecule has 0 spiro atoms. The first-order valence-corrected chi connectivity index (χ1v) is 8.92. The van der Waals surface area contributed by atoms with Gasteiger partial charge in [0.25, 0.3) is 11.8 Å². The standard InChI is InChI=1S/C19H18N2O3S/c1-3-25-17-16(14-9-4-5-10-15(14)24-2)18(22)21(19(17)23)12-13-8-6-7-11-20-13/h4-11H,3,12H2,1-2H3. The molecular formula is C19H18N2O3S. The highest BCUT2D eigenvalue weighted by Gasteiger charge is 2.40. The van der Waals surface area contributed by atoms with E-state index in [0.717, 1.165) is 0 Å². The molecule has 0 radical (unpaired) electrons. The molecule has 2 aromatic rings. The Hall–Kier alpha value is -2.60. The van der Waals surface area contributed by atoms with Crippen molar-refractivity contribution in [2.75, 3.05) is 12.9 Å². The summed E-state index contributed by atoms with van der Waals surface area (Å²) in [5, 5.41) is 0. The Balaban J connectivity index is 2.02. The summed E-state index contributed by atoms with van der Waals surface area (Å²) in [5.41, 5.74) is 1.72. The van der Waals surface area contributed by atoms with Crippen LogP contribution in [-0.2, 0) is 16.1 Å². The van der Waals surface area contributed by atoms with Crippen LogP contribution < -0.4 is 4.74 Å². The van der Waals surface area contributed by atoms with Gasteiger partial charge in [0.15, 0.2) is 0 Å². The highest BCUT2D eigenvalue weighted by atomic mass is 32.2. The fourth-order valence-corrected chi connectivity index (χ4v) is 3.58. The molecule has 1 aliphatic heterocycles. The van der Waals surface area contributed by atoms with Crippen LogP contribution in [0.4, 0.5) is 0 Å². The summed E-state index contributed by atoms with van der Waals surface area (Å²) in [5.74, 6) is 0.691. The molecule has 1 aliphatic rings. The van der Waals surface area contributed by atoms with Crippen LogP contribution in [0.2, 0.25) is 0 Å². The number of carbonyl (C=O) groups is 2. The Bertz CT molecular complexity index is 834. The zero-order chi connectivity index (χ0) is 17.8. The van der Waals surface area contributed by atoms with E-state index in [2.05, 4.69) is 4.98 Å². The number of hydrogen-bond donors (Lipinski definition) is 0. The number of nitrogens with zero attached hydrogens (tertiary/aromatic N) is 2. The quantitative estimate of drug-likeness (QED) is 0.746. The second-order valence-electron chi connectivity index (χ2n) is 5.35. The molecule has 1 aromatic heterocycles. The van der Waals surface area contributed by atoms with Crippen LogP contribution in [0.25, 0.3) is 5.57 Å². The molecule has 0 saturated heterocycles. The van der Waals surface area contributed by atoms with Crippen molar-refractivity contribution in [2.45, 2.75) is 13.5 Å². The molecule has 3 rings (SSSR count). The summed E-state index contributed by atoms with van der Waals surface area (Å²) < 4.78 is 5.38. The number of rotatable bonds is 6. The Morgan fingerprint density at radius 1 is 1.08 bits per heavy atom. The Labute approximate surface area is 150 Å². The lowest BCUT2D eigenvalue weighted by molar-refractivity contribution is -0.137. The van der Waals surface area contributed by atoms with E-state index >= 15 is 0 Å². The fourth-order valence-electron chi connectivity index (χ4n) is 2.72. The molecule has 0 bridgehead atoms. The zero-order valence-electron chi connectivity index (χ0n) is 14.1. The minimum Gasteiger partial charge on any atom is -0.496 e. The fraction of sp³-hybridized carbons (Fsp3) is 0.211. The topological polar surface area (TPSA) is 59.5 Å². The molecular weight excluding hydrogens is 336 g/mol. The predicted octanol–water partition coefficient (Wildman–Crippen LogP) is 3.12. The normalized spacial score (nSPS) is 14.4. The molecule has 0 atom stereocenters. The largest absolute Gasteiger partial charge is 0.496 e. The Kier molecular flexibility index (Phi) is 5.19. The van der Waals surface area contributed by atoms with Gasteiger partial charge in [-0.3, -0.25) is 19.5 Å². The molecule has 0 unspecified atom stereocenters. The number of aromatic nitrogens is 1. The second-order valence-corrected chi connectivity index (χ2v) is 6.63. The molecule has 0 fully saturated rings. The van der Waals surface area contributed by atoms with E-state index in [1.54, 1.807) is 37.6 Å². The van der Waals surface area contributed by atoms with Gasteiger partial charge in [-0.05, 0) is 24.0 Å². The van der Waals surface area contributed by atoms with Gasteiger partial charge in [0.05, 0.1) is 29.8 Å². The third-order valence-electron chi connectivity index (χ3n) is 3.84. The minimum absolute atomic E-state index is 0.158. The van der Waals surface area contributed by atoms with Gasteiger partial charge in [-0.2, -0.15) is 0 Å². The molecule has 1 aromatic carbocycles. The van der Waals surface area contributed by atoms with Gasteiger partial charge in [-0.1, -0.05) is 31.2 Å². The van der Waals surface area contributed by atoms with Crippen molar-refractivity contribution in [3.8, 4) is 5.75 Å².